The molecule has 202 valence electrons. The van der Waals surface area contributed by atoms with Crippen LogP contribution in [0, 0.1) is 0 Å². The lowest BCUT2D eigenvalue weighted by molar-refractivity contribution is 1.07. The van der Waals surface area contributed by atoms with Crippen molar-refractivity contribution in [2.75, 3.05) is 0 Å². The van der Waals surface area contributed by atoms with Crippen LogP contribution in [0.4, 0.5) is 0 Å². The first-order valence-corrected chi connectivity index (χ1v) is 14.1. The fourth-order valence-electron chi connectivity index (χ4n) is 5.40. The number of hydrogen-bond donors (Lipinski definition) is 0. The Bertz CT molecular complexity index is 2170. The molecule has 0 unspecified atom stereocenters. The first-order chi connectivity index (χ1) is 21.3. The normalized spacial score (nSPS) is 11.3. The molecular formula is C37H24N6. The van der Waals surface area contributed by atoms with E-state index in [1.807, 2.05) is 72.9 Å². The lowest BCUT2D eigenvalue weighted by Crippen LogP contribution is -2.01. The third-order valence-electron chi connectivity index (χ3n) is 7.55. The SMILES string of the molecule is c1ccc(-c2nc(-c3ccccc3)nc(-c3ccc(-n4c(-c5ccc6ccccc6c5)nc5ccncc54)cc3)n2)cc1. The van der Waals surface area contributed by atoms with Crippen molar-refractivity contribution in [3.63, 3.8) is 0 Å². The summed E-state index contributed by atoms with van der Waals surface area (Å²) in [7, 11) is 0. The predicted octanol–water partition coefficient (Wildman–Crippen LogP) is 8.43. The van der Waals surface area contributed by atoms with Crippen molar-refractivity contribution in [3.05, 3.63) is 146 Å². The van der Waals surface area contributed by atoms with Crippen molar-refractivity contribution in [2.45, 2.75) is 0 Å². The van der Waals surface area contributed by atoms with E-state index in [-0.39, 0.29) is 0 Å². The number of nitrogens with zero attached hydrogens (tertiary/aromatic N) is 6. The van der Waals surface area contributed by atoms with E-state index in [4.69, 9.17) is 19.9 Å². The maximum atomic E-state index is 5.03. The summed E-state index contributed by atoms with van der Waals surface area (Å²) in [6.45, 7) is 0. The van der Waals surface area contributed by atoms with E-state index in [0.717, 1.165) is 44.8 Å². The Kier molecular flexibility index (Phi) is 6.01. The van der Waals surface area contributed by atoms with Crippen LogP contribution in [0.5, 0.6) is 0 Å². The van der Waals surface area contributed by atoms with Crippen LogP contribution in [0.2, 0.25) is 0 Å². The van der Waals surface area contributed by atoms with E-state index in [2.05, 4.69) is 76.3 Å². The highest BCUT2D eigenvalue weighted by Gasteiger charge is 2.16. The highest BCUT2D eigenvalue weighted by Crippen LogP contribution is 2.31. The Balaban J connectivity index is 1.25. The summed E-state index contributed by atoms with van der Waals surface area (Å²) in [4.78, 5) is 24.0. The van der Waals surface area contributed by atoms with Crippen LogP contribution in [0.1, 0.15) is 0 Å². The van der Waals surface area contributed by atoms with Gasteiger partial charge >= 0.3 is 0 Å². The van der Waals surface area contributed by atoms with Gasteiger partial charge in [0, 0.05) is 34.1 Å². The maximum absolute atomic E-state index is 5.03. The minimum atomic E-state index is 0.617. The molecule has 8 aromatic rings. The van der Waals surface area contributed by atoms with Crippen molar-refractivity contribution >= 4 is 21.8 Å². The molecule has 0 aliphatic heterocycles. The summed E-state index contributed by atoms with van der Waals surface area (Å²) in [5.41, 5.74) is 6.63. The van der Waals surface area contributed by atoms with Crippen molar-refractivity contribution in [1.29, 1.82) is 0 Å². The summed E-state index contributed by atoms with van der Waals surface area (Å²) in [5.74, 6) is 2.75. The molecule has 0 bridgehead atoms. The lowest BCUT2D eigenvalue weighted by Gasteiger charge is -2.12. The number of imidazole rings is 1. The maximum Gasteiger partial charge on any atom is 0.164 e. The average molecular weight is 553 g/mol. The number of fused-ring (bicyclic) bond motifs is 2. The smallest absolute Gasteiger partial charge is 0.164 e. The van der Waals surface area contributed by atoms with E-state index in [1.165, 1.54) is 10.8 Å². The summed E-state index contributed by atoms with van der Waals surface area (Å²) in [6, 6.07) is 45.1. The molecule has 3 aromatic heterocycles. The molecule has 0 spiro atoms. The van der Waals surface area contributed by atoms with Crippen LogP contribution in [0.15, 0.2) is 146 Å². The second-order valence-electron chi connectivity index (χ2n) is 10.3. The molecule has 6 heteroatoms. The second kappa shape index (κ2) is 10.4. The first-order valence-electron chi connectivity index (χ1n) is 14.1. The molecule has 0 N–H and O–H groups in total. The summed E-state index contributed by atoms with van der Waals surface area (Å²) in [5, 5.41) is 2.37. The minimum Gasteiger partial charge on any atom is -0.291 e. The fraction of sp³-hybridized carbons (Fsp3) is 0. The first kappa shape index (κ1) is 24.8. The van der Waals surface area contributed by atoms with Crippen LogP contribution in [0.25, 0.3) is 73.0 Å². The van der Waals surface area contributed by atoms with Gasteiger partial charge in [0.25, 0.3) is 0 Å². The molecule has 0 radical (unpaired) electrons. The Hall–Kier alpha value is -6.01. The van der Waals surface area contributed by atoms with Crippen LogP contribution < -0.4 is 0 Å². The van der Waals surface area contributed by atoms with Gasteiger partial charge in [0.1, 0.15) is 5.82 Å². The molecule has 0 fully saturated rings. The van der Waals surface area contributed by atoms with Crippen LogP contribution in [0.3, 0.4) is 0 Å². The zero-order valence-corrected chi connectivity index (χ0v) is 23.0. The van der Waals surface area contributed by atoms with E-state index >= 15 is 0 Å². The fourth-order valence-corrected chi connectivity index (χ4v) is 5.40. The molecule has 0 saturated heterocycles. The molecule has 0 saturated carbocycles. The highest BCUT2D eigenvalue weighted by molar-refractivity contribution is 5.89. The number of rotatable bonds is 5. The molecule has 0 atom stereocenters. The number of aromatic nitrogens is 6. The molecule has 0 aliphatic carbocycles. The van der Waals surface area contributed by atoms with Gasteiger partial charge in [-0.3, -0.25) is 9.55 Å². The second-order valence-corrected chi connectivity index (χ2v) is 10.3. The van der Waals surface area contributed by atoms with Crippen molar-refractivity contribution in [1.82, 2.24) is 29.5 Å². The van der Waals surface area contributed by atoms with Crippen molar-refractivity contribution in [2.24, 2.45) is 0 Å². The summed E-state index contributed by atoms with van der Waals surface area (Å²) >= 11 is 0. The lowest BCUT2D eigenvalue weighted by atomic mass is 10.1. The largest absolute Gasteiger partial charge is 0.291 e. The molecule has 8 rings (SSSR count). The molecule has 3 heterocycles. The van der Waals surface area contributed by atoms with Crippen molar-refractivity contribution in [3.8, 4) is 51.2 Å². The van der Waals surface area contributed by atoms with Crippen LogP contribution in [-0.4, -0.2) is 29.5 Å². The Labute approximate surface area is 248 Å². The zero-order chi connectivity index (χ0) is 28.6. The van der Waals surface area contributed by atoms with Gasteiger partial charge < -0.3 is 0 Å². The molecular weight excluding hydrogens is 528 g/mol. The zero-order valence-electron chi connectivity index (χ0n) is 23.0. The Morgan fingerprint density at radius 2 is 1.00 bits per heavy atom. The molecule has 0 amide bonds. The monoisotopic (exact) mass is 552 g/mol. The summed E-state index contributed by atoms with van der Waals surface area (Å²) in [6.07, 6.45) is 3.65. The van der Waals surface area contributed by atoms with E-state index in [1.54, 1.807) is 6.20 Å². The Morgan fingerprint density at radius 1 is 0.442 bits per heavy atom. The third kappa shape index (κ3) is 4.61. The summed E-state index contributed by atoms with van der Waals surface area (Å²) < 4.78 is 2.16. The van der Waals surface area contributed by atoms with Gasteiger partial charge in [-0.05, 0) is 47.2 Å². The Morgan fingerprint density at radius 3 is 1.65 bits per heavy atom. The number of hydrogen-bond acceptors (Lipinski definition) is 5. The van der Waals surface area contributed by atoms with Crippen molar-refractivity contribution < 1.29 is 0 Å². The van der Waals surface area contributed by atoms with E-state index in [9.17, 15) is 0 Å². The molecule has 43 heavy (non-hydrogen) atoms. The molecule has 5 aromatic carbocycles. The minimum absolute atomic E-state index is 0.617. The van der Waals surface area contributed by atoms with Gasteiger partial charge in [-0.15, -0.1) is 0 Å². The third-order valence-corrected chi connectivity index (χ3v) is 7.55. The standard InChI is InChI=1S/C37H24N6/c1-3-10-26(11-4-1)34-40-35(27-12-5-2-6-13-27)42-36(41-34)28-17-19-31(20-18-28)43-33-24-38-22-21-32(33)39-37(43)30-16-15-25-9-7-8-14-29(25)23-30/h1-24H. The molecule has 0 aliphatic rings. The van der Waals surface area contributed by atoms with Gasteiger partial charge in [-0.1, -0.05) is 97.1 Å². The quantitative estimate of drug-likeness (QED) is 0.214. The van der Waals surface area contributed by atoms with E-state index in [0.29, 0.717) is 17.5 Å². The molecule has 6 nitrogen and oxygen atoms in total. The van der Waals surface area contributed by atoms with Gasteiger partial charge in [0.2, 0.25) is 0 Å². The van der Waals surface area contributed by atoms with E-state index < -0.39 is 0 Å². The van der Waals surface area contributed by atoms with Gasteiger partial charge in [-0.25, -0.2) is 19.9 Å². The average Bonchev–Trinajstić information content (AvgIpc) is 3.48. The van der Waals surface area contributed by atoms with Crippen LogP contribution in [-0.2, 0) is 0 Å². The van der Waals surface area contributed by atoms with Gasteiger partial charge in [0.15, 0.2) is 17.5 Å². The van der Waals surface area contributed by atoms with Gasteiger partial charge in [0.05, 0.1) is 17.2 Å². The van der Waals surface area contributed by atoms with Gasteiger partial charge in [-0.2, -0.15) is 0 Å². The topological polar surface area (TPSA) is 69.4 Å². The van der Waals surface area contributed by atoms with Crippen LogP contribution >= 0.6 is 0 Å². The number of pyridine rings is 1. The number of benzene rings is 5. The highest BCUT2D eigenvalue weighted by atomic mass is 15.1. The predicted molar refractivity (Wildman–Crippen MR) is 171 cm³/mol.